The van der Waals surface area contributed by atoms with Crippen LogP contribution in [0.4, 0.5) is 0 Å². The summed E-state index contributed by atoms with van der Waals surface area (Å²) < 4.78 is 0. The highest BCUT2D eigenvalue weighted by Gasteiger charge is 2.17. The molecule has 0 aliphatic rings. The van der Waals surface area contributed by atoms with E-state index in [4.69, 9.17) is 0 Å². The van der Waals surface area contributed by atoms with Crippen LogP contribution in [-0.4, -0.2) is 55.5 Å². The summed E-state index contributed by atoms with van der Waals surface area (Å²) in [7, 11) is 8.08. The van der Waals surface area contributed by atoms with Crippen LogP contribution in [0.5, 0.6) is 0 Å². The average molecular weight is 479 g/mol. The van der Waals surface area contributed by atoms with Gasteiger partial charge in [0, 0.05) is 30.9 Å². The quantitative estimate of drug-likeness (QED) is 0.392. The third-order valence-electron chi connectivity index (χ3n) is 3.59. The number of aliphatic imine (C=N–C) groups is 1. The van der Waals surface area contributed by atoms with Crippen LogP contribution in [0.15, 0.2) is 27.9 Å². The SMILES string of the molecule is CN=C(NCC(c1cccs1)N(C)C)N(C)Cc1csc(C)n1.I. The zero-order chi connectivity index (χ0) is 16.8. The van der Waals surface area contributed by atoms with Crippen molar-refractivity contribution in [3.8, 4) is 0 Å². The molecule has 134 valence electrons. The fraction of sp³-hybridized carbons (Fsp3) is 0.500. The van der Waals surface area contributed by atoms with Gasteiger partial charge >= 0.3 is 0 Å². The van der Waals surface area contributed by atoms with E-state index in [9.17, 15) is 0 Å². The minimum absolute atomic E-state index is 0. The number of thiophene rings is 1. The molecule has 2 aromatic heterocycles. The molecule has 0 bridgehead atoms. The molecule has 0 aliphatic carbocycles. The number of halogens is 1. The molecule has 0 saturated carbocycles. The number of aryl methyl sites for hydroxylation is 1. The number of likely N-dealkylation sites (N-methyl/N-ethyl adjacent to an activating group) is 1. The van der Waals surface area contributed by atoms with Crippen molar-refractivity contribution in [2.75, 3.05) is 34.7 Å². The Morgan fingerprint density at radius 2 is 2.08 bits per heavy atom. The van der Waals surface area contributed by atoms with E-state index in [1.54, 1.807) is 22.7 Å². The molecule has 5 nitrogen and oxygen atoms in total. The van der Waals surface area contributed by atoms with Crippen LogP contribution >= 0.6 is 46.7 Å². The summed E-state index contributed by atoms with van der Waals surface area (Å²) in [5.74, 6) is 0.888. The van der Waals surface area contributed by atoms with Gasteiger partial charge in [0.1, 0.15) is 0 Å². The minimum atomic E-state index is 0. The van der Waals surface area contributed by atoms with Gasteiger partial charge in [-0.3, -0.25) is 4.99 Å². The number of guanidine groups is 1. The summed E-state index contributed by atoms with van der Waals surface area (Å²) in [5, 5.41) is 8.81. The molecule has 1 unspecified atom stereocenters. The van der Waals surface area contributed by atoms with Crippen molar-refractivity contribution < 1.29 is 0 Å². The molecule has 0 aliphatic heterocycles. The monoisotopic (exact) mass is 479 g/mol. The van der Waals surface area contributed by atoms with Crippen LogP contribution in [0, 0.1) is 6.92 Å². The van der Waals surface area contributed by atoms with Crippen molar-refractivity contribution in [2.45, 2.75) is 19.5 Å². The van der Waals surface area contributed by atoms with Crippen molar-refractivity contribution in [3.05, 3.63) is 38.5 Å². The largest absolute Gasteiger partial charge is 0.354 e. The lowest BCUT2D eigenvalue weighted by Crippen LogP contribution is -2.42. The Labute approximate surface area is 169 Å². The molecule has 0 fully saturated rings. The first-order valence-corrected chi connectivity index (χ1v) is 9.29. The molecule has 0 aromatic carbocycles. The summed E-state index contributed by atoms with van der Waals surface area (Å²) in [5.41, 5.74) is 1.08. The second-order valence-corrected chi connectivity index (χ2v) is 7.68. The summed E-state index contributed by atoms with van der Waals surface area (Å²) in [4.78, 5) is 14.6. The fourth-order valence-corrected chi connectivity index (χ4v) is 3.92. The van der Waals surface area contributed by atoms with Crippen molar-refractivity contribution in [1.29, 1.82) is 0 Å². The Morgan fingerprint density at radius 1 is 1.33 bits per heavy atom. The normalized spacial score (nSPS) is 12.8. The van der Waals surface area contributed by atoms with Crippen molar-refractivity contribution in [3.63, 3.8) is 0 Å². The first-order chi connectivity index (χ1) is 11.0. The molecule has 0 radical (unpaired) electrons. The molecule has 2 heterocycles. The van der Waals surface area contributed by atoms with Gasteiger partial charge in [0.15, 0.2) is 5.96 Å². The Balaban J connectivity index is 0.00000288. The molecule has 24 heavy (non-hydrogen) atoms. The minimum Gasteiger partial charge on any atom is -0.354 e. The van der Waals surface area contributed by atoms with Crippen LogP contribution < -0.4 is 5.32 Å². The van der Waals surface area contributed by atoms with Crippen LogP contribution in [0.25, 0.3) is 0 Å². The van der Waals surface area contributed by atoms with E-state index < -0.39 is 0 Å². The number of aromatic nitrogens is 1. The number of rotatable bonds is 6. The number of thiazole rings is 1. The summed E-state index contributed by atoms with van der Waals surface area (Å²) in [6.45, 7) is 3.61. The number of hydrogen-bond donors (Lipinski definition) is 1. The molecular formula is C16H26IN5S2. The molecule has 0 amide bonds. The summed E-state index contributed by atoms with van der Waals surface area (Å²) in [6.07, 6.45) is 0. The molecule has 1 N–H and O–H groups in total. The molecule has 1 atom stereocenters. The van der Waals surface area contributed by atoms with Crippen molar-refractivity contribution >= 4 is 52.6 Å². The van der Waals surface area contributed by atoms with Crippen LogP contribution in [0.2, 0.25) is 0 Å². The first kappa shape index (κ1) is 21.3. The lowest BCUT2D eigenvalue weighted by atomic mass is 10.2. The molecule has 0 spiro atoms. The Hall–Kier alpha value is -0.710. The lowest BCUT2D eigenvalue weighted by Gasteiger charge is -2.27. The van der Waals surface area contributed by atoms with Gasteiger partial charge in [-0.25, -0.2) is 4.98 Å². The van der Waals surface area contributed by atoms with E-state index >= 15 is 0 Å². The molecular weight excluding hydrogens is 453 g/mol. The molecule has 8 heteroatoms. The highest BCUT2D eigenvalue weighted by molar-refractivity contribution is 14.0. The number of hydrogen-bond acceptors (Lipinski definition) is 5. The highest BCUT2D eigenvalue weighted by Crippen LogP contribution is 2.22. The average Bonchev–Trinajstić information content (AvgIpc) is 3.15. The lowest BCUT2D eigenvalue weighted by molar-refractivity contribution is 0.299. The van der Waals surface area contributed by atoms with Gasteiger partial charge in [0.2, 0.25) is 0 Å². The topological polar surface area (TPSA) is 43.8 Å². The molecule has 2 aromatic rings. The van der Waals surface area contributed by atoms with Gasteiger partial charge in [-0.2, -0.15) is 0 Å². The standard InChI is InChI=1S/C16H25N5S2.HI/c1-12-19-13(11-23-12)10-21(5)16(17-2)18-9-14(20(3)4)15-7-6-8-22-15;/h6-8,11,14H,9-10H2,1-5H3,(H,17,18);1H. The highest BCUT2D eigenvalue weighted by atomic mass is 127. The van der Waals surface area contributed by atoms with Crippen LogP contribution in [0.1, 0.15) is 21.6 Å². The predicted octanol–water partition coefficient (Wildman–Crippen LogP) is 3.44. The zero-order valence-corrected chi connectivity index (χ0v) is 18.8. The van der Waals surface area contributed by atoms with Gasteiger partial charge in [0.25, 0.3) is 0 Å². The molecule has 2 rings (SSSR count). The van der Waals surface area contributed by atoms with E-state index in [-0.39, 0.29) is 24.0 Å². The van der Waals surface area contributed by atoms with Crippen molar-refractivity contribution in [2.24, 2.45) is 4.99 Å². The maximum atomic E-state index is 4.52. The smallest absolute Gasteiger partial charge is 0.193 e. The van der Waals surface area contributed by atoms with Gasteiger partial charge < -0.3 is 15.1 Å². The van der Waals surface area contributed by atoms with Crippen molar-refractivity contribution in [1.82, 2.24) is 20.1 Å². The second-order valence-electron chi connectivity index (χ2n) is 5.64. The zero-order valence-electron chi connectivity index (χ0n) is 14.8. The number of nitrogens with zero attached hydrogens (tertiary/aromatic N) is 4. The number of nitrogens with one attached hydrogen (secondary N) is 1. The van der Waals surface area contributed by atoms with E-state index in [2.05, 4.69) is 62.1 Å². The van der Waals surface area contributed by atoms with Gasteiger partial charge in [-0.05, 0) is 32.5 Å². The third-order valence-corrected chi connectivity index (χ3v) is 5.38. The maximum absolute atomic E-state index is 4.52. The Kier molecular flexibility index (Phi) is 9.17. The Morgan fingerprint density at radius 3 is 2.58 bits per heavy atom. The summed E-state index contributed by atoms with van der Waals surface area (Å²) >= 11 is 3.47. The van der Waals surface area contributed by atoms with Gasteiger partial charge in [0.05, 0.1) is 23.3 Å². The van der Waals surface area contributed by atoms with E-state index in [0.29, 0.717) is 6.04 Å². The van der Waals surface area contributed by atoms with E-state index in [0.717, 1.165) is 29.8 Å². The fourth-order valence-electron chi connectivity index (χ4n) is 2.39. The first-order valence-electron chi connectivity index (χ1n) is 7.54. The Bertz CT molecular complexity index is 624. The molecule has 0 saturated heterocycles. The predicted molar refractivity (Wildman–Crippen MR) is 116 cm³/mol. The van der Waals surface area contributed by atoms with Crippen LogP contribution in [0.3, 0.4) is 0 Å². The second kappa shape index (κ2) is 10.3. The van der Waals surface area contributed by atoms with E-state index in [1.165, 1.54) is 4.88 Å². The van der Waals surface area contributed by atoms with Crippen LogP contribution in [-0.2, 0) is 6.54 Å². The summed E-state index contributed by atoms with van der Waals surface area (Å²) in [6, 6.07) is 4.62. The maximum Gasteiger partial charge on any atom is 0.193 e. The van der Waals surface area contributed by atoms with Gasteiger partial charge in [-0.15, -0.1) is 46.7 Å². The van der Waals surface area contributed by atoms with E-state index in [1.807, 2.05) is 21.0 Å². The van der Waals surface area contributed by atoms with Gasteiger partial charge in [-0.1, -0.05) is 6.07 Å². The third kappa shape index (κ3) is 5.98.